The summed E-state index contributed by atoms with van der Waals surface area (Å²) < 4.78 is 25.5. The fourth-order valence-electron chi connectivity index (χ4n) is 2.02. The minimum atomic E-state index is -3.99. The van der Waals surface area contributed by atoms with Gasteiger partial charge in [0.15, 0.2) is 4.90 Å². The van der Waals surface area contributed by atoms with Gasteiger partial charge in [0.05, 0.1) is 6.61 Å². The number of aliphatic hydroxyl groups excluding tert-OH is 1. The van der Waals surface area contributed by atoms with Crippen molar-refractivity contribution < 1.29 is 13.5 Å². The molecule has 0 aliphatic carbocycles. The largest absolute Gasteiger partial charge is 0.395 e. The summed E-state index contributed by atoms with van der Waals surface area (Å²) >= 11 is 0. The number of hydrogen-bond donors (Lipinski definition) is 3. The van der Waals surface area contributed by atoms with E-state index >= 15 is 0 Å². The fraction of sp³-hybridized carbons (Fsp3) is 0.556. The van der Waals surface area contributed by atoms with Crippen LogP contribution in [0.1, 0.15) is 12.8 Å². The molecule has 8 nitrogen and oxygen atoms in total. The van der Waals surface area contributed by atoms with Gasteiger partial charge in [-0.05, 0) is 12.8 Å². The molecule has 2 heterocycles. The minimum Gasteiger partial charge on any atom is -0.395 e. The van der Waals surface area contributed by atoms with Gasteiger partial charge in [0, 0.05) is 18.8 Å². The van der Waals surface area contributed by atoms with Crippen LogP contribution >= 0.6 is 0 Å². The topological polar surface area (TPSA) is 123 Å². The predicted octanol–water partition coefficient (Wildman–Crippen LogP) is -1.79. The fourth-order valence-corrected chi connectivity index (χ4v) is 3.70. The van der Waals surface area contributed by atoms with Gasteiger partial charge in [0.1, 0.15) is 0 Å². The van der Waals surface area contributed by atoms with Crippen LogP contribution in [0.25, 0.3) is 0 Å². The number of H-pyrrole nitrogens is 2. The summed E-state index contributed by atoms with van der Waals surface area (Å²) in [6, 6.07) is -0.513. The van der Waals surface area contributed by atoms with Gasteiger partial charge in [-0.2, -0.15) is 4.31 Å². The molecule has 0 saturated carbocycles. The normalized spacial score (nSPS) is 21.3. The lowest BCUT2D eigenvalue weighted by Crippen LogP contribution is -2.40. The third kappa shape index (κ3) is 2.11. The van der Waals surface area contributed by atoms with Crippen molar-refractivity contribution in [1.29, 1.82) is 0 Å². The molecule has 0 spiro atoms. The number of sulfonamides is 1. The number of nitrogens with zero attached hydrogens (tertiary/aromatic N) is 1. The van der Waals surface area contributed by atoms with E-state index in [2.05, 4.69) is 4.98 Å². The van der Waals surface area contributed by atoms with Gasteiger partial charge in [-0.1, -0.05) is 0 Å². The van der Waals surface area contributed by atoms with Crippen molar-refractivity contribution in [3.63, 3.8) is 0 Å². The first kappa shape index (κ1) is 13.0. The van der Waals surface area contributed by atoms with Crippen molar-refractivity contribution in [3.8, 4) is 0 Å². The standard InChI is InChI=1S/C9H13N3O5S/c13-5-6-2-1-3-12(6)18(16,17)7-4-10-9(15)11-8(7)14/h4,6,13H,1-3,5H2,(H2,10,11,14,15). The molecule has 1 aliphatic rings. The van der Waals surface area contributed by atoms with Crippen LogP contribution in [0.15, 0.2) is 20.7 Å². The summed E-state index contributed by atoms with van der Waals surface area (Å²) in [5.74, 6) is 0. The molecule has 0 bridgehead atoms. The van der Waals surface area contributed by atoms with Crippen LogP contribution in [-0.4, -0.2) is 47.0 Å². The number of nitrogens with one attached hydrogen (secondary N) is 2. The third-order valence-corrected chi connectivity index (χ3v) is 4.86. The number of rotatable bonds is 3. The van der Waals surface area contributed by atoms with Crippen molar-refractivity contribution in [3.05, 3.63) is 27.0 Å². The second-order valence-electron chi connectivity index (χ2n) is 4.03. The lowest BCUT2D eigenvalue weighted by atomic mass is 10.2. The average molecular weight is 275 g/mol. The molecule has 1 aliphatic heterocycles. The van der Waals surface area contributed by atoms with E-state index in [9.17, 15) is 18.0 Å². The molecular weight excluding hydrogens is 262 g/mol. The Kier molecular flexibility index (Phi) is 3.37. The first-order valence-corrected chi connectivity index (χ1v) is 6.85. The molecule has 0 radical (unpaired) electrons. The molecule has 1 fully saturated rings. The van der Waals surface area contributed by atoms with Crippen LogP contribution in [0.5, 0.6) is 0 Å². The Morgan fingerprint density at radius 2 is 2.17 bits per heavy atom. The Labute approximate surface area is 102 Å². The highest BCUT2D eigenvalue weighted by Gasteiger charge is 2.36. The van der Waals surface area contributed by atoms with E-state index in [0.29, 0.717) is 12.8 Å². The molecule has 1 unspecified atom stereocenters. The van der Waals surface area contributed by atoms with Crippen LogP contribution in [-0.2, 0) is 10.0 Å². The monoisotopic (exact) mass is 275 g/mol. The van der Waals surface area contributed by atoms with E-state index in [1.54, 1.807) is 0 Å². The van der Waals surface area contributed by atoms with Gasteiger partial charge in [-0.3, -0.25) is 9.78 Å². The molecule has 1 aromatic rings. The molecule has 100 valence electrons. The highest BCUT2D eigenvalue weighted by Crippen LogP contribution is 2.23. The van der Waals surface area contributed by atoms with Gasteiger partial charge in [0.2, 0.25) is 10.0 Å². The van der Waals surface area contributed by atoms with Crippen LogP contribution < -0.4 is 11.2 Å². The first-order chi connectivity index (χ1) is 8.46. The molecule has 18 heavy (non-hydrogen) atoms. The van der Waals surface area contributed by atoms with Gasteiger partial charge in [-0.25, -0.2) is 13.2 Å². The zero-order valence-corrected chi connectivity index (χ0v) is 10.2. The lowest BCUT2D eigenvalue weighted by molar-refractivity contribution is 0.213. The van der Waals surface area contributed by atoms with E-state index in [0.717, 1.165) is 10.5 Å². The second-order valence-corrected chi connectivity index (χ2v) is 5.89. The molecular formula is C9H13N3O5S. The summed E-state index contributed by atoms with van der Waals surface area (Å²) in [5, 5.41) is 9.11. The average Bonchev–Trinajstić information content (AvgIpc) is 2.76. The van der Waals surface area contributed by atoms with E-state index in [4.69, 9.17) is 5.11 Å². The number of aromatic amines is 2. The number of aromatic nitrogens is 2. The summed E-state index contributed by atoms with van der Waals surface area (Å²) in [6.45, 7) is -0.0351. The minimum absolute atomic E-state index is 0.256. The predicted molar refractivity (Wildman–Crippen MR) is 61.7 cm³/mol. The Morgan fingerprint density at radius 1 is 1.44 bits per heavy atom. The van der Waals surface area contributed by atoms with E-state index in [-0.39, 0.29) is 13.2 Å². The van der Waals surface area contributed by atoms with E-state index in [1.807, 2.05) is 4.98 Å². The second kappa shape index (κ2) is 4.67. The maximum absolute atomic E-state index is 12.2. The summed E-state index contributed by atoms with van der Waals surface area (Å²) in [4.78, 5) is 25.8. The van der Waals surface area contributed by atoms with Crippen molar-refractivity contribution in [1.82, 2.24) is 14.3 Å². The number of aliphatic hydroxyl groups is 1. The molecule has 1 atom stereocenters. The summed E-state index contributed by atoms with van der Waals surface area (Å²) in [6.07, 6.45) is 2.06. The molecule has 2 rings (SSSR count). The van der Waals surface area contributed by atoms with Crippen molar-refractivity contribution in [2.75, 3.05) is 13.2 Å². The molecule has 3 N–H and O–H groups in total. The maximum Gasteiger partial charge on any atom is 0.325 e. The van der Waals surface area contributed by atoms with Gasteiger partial charge in [0.25, 0.3) is 5.56 Å². The maximum atomic E-state index is 12.2. The van der Waals surface area contributed by atoms with Crippen molar-refractivity contribution in [2.24, 2.45) is 0 Å². The molecule has 1 aromatic heterocycles. The summed E-state index contributed by atoms with van der Waals surface area (Å²) in [5.41, 5.74) is -1.72. The molecule has 1 saturated heterocycles. The highest BCUT2D eigenvalue weighted by atomic mass is 32.2. The Morgan fingerprint density at radius 3 is 2.78 bits per heavy atom. The number of hydrogen-bond acceptors (Lipinski definition) is 5. The molecule has 0 aromatic carbocycles. The summed E-state index contributed by atoms with van der Waals surface area (Å²) in [7, 11) is -3.99. The van der Waals surface area contributed by atoms with Gasteiger partial charge in [-0.15, -0.1) is 0 Å². The van der Waals surface area contributed by atoms with Crippen LogP contribution in [0, 0.1) is 0 Å². The Bertz CT molecular complexity index is 647. The van der Waals surface area contributed by atoms with Crippen LogP contribution in [0.2, 0.25) is 0 Å². The highest BCUT2D eigenvalue weighted by molar-refractivity contribution is 7.89. The quantitative estimate of drug-likeness (QED) is 0.601. The first-order valence-electron chi connectivity index (χ1n) is 5.41. The lowest BCUT2D eigenvalue weighted by Gasteiger charge is -2.21. The smallest absolute Gasteiger partial charge is 0.325 e. The zero-order valence-electron chi connectivity index (χ0n) is 9.42. The van der Waals surface area contributed by atoms with E-state index < -0.39 is 32.2 Å². The SMILES string of the molecule is O=c1[nH]cc(S(=O)(=O)N2CCCC2CO)c(=O)[nH]1. The molecule has 0 amide bonds. The third-order valence-electron chi connectivity index (χ3n) is 2.91. The van der Waals surface area contributed by atoms with E-state index in [1.165, 1.54) is 0 Å². The van der Waals surface area contributed by atoms with Crippen LogP contribution in [0.4, 0.5) is 0 Å². The van der Waals surface area contributed by atoms with Crippen molar-refractivity contribution >= 4 is 10.0 Å². The van der Waals surface area contributed by atoms with Gasteiger partial charge < -0.3 is 10.1 Å². The van der Waals surface area contributed by atoms with Gasteiger partial charge >= 0.3 is 5.69 Å². The molecule has 9 heteroatoms. The Hall–Kier alpha value is -1.45. The zero-order chi connectivity index (χ0) is 13.3. The van der Waals surface area contributed by atoms with Crippen molar-refractivity contribution in [2.45, 2.75) is 23.8 Å². The Balaban J connectivity index is 2.48. The van der Waals surface area contributed by atoms with Crippen LogP contribution in [0.3, 0.4) is 0 Å².